The molecule has 4 fully saturated rings. The number of hydrogen-bond donors (Lipinski definition) is 2. The van der Waals surface area contributed by atoms with Crippen molar-refractivity contribution in [2.75, 3.05) is 59.7 Å². The average Bonchev–Trinajstić information content (AvgIpc) is 3.60. The van der Waals surface area contributed by atoms with E-state index in [1.807, 2.05) is 12.3 Å². The van der Waals surface area contributed by atoms with E-state index in [0.29, 0.717) is 55.9 Å². The molecule has 9 atom stereocenters. The maximum Gasteiger partial charge on any atom is 0.324 e. The maximum absolute atomic E-state index is 14.7. The minimum atomic E-state index is -0.802. The molecule has 356 valence electrons. The normalized spacial score (nSPS) is 28.6. The van der Waals surface area contributed by atoms with Crippen molar-refractivity contribution < 1.29 is 33.3 Å². The number of benzene rings is 1. The summed E-state index contributed by atoms with van der Waals surface area (Å²) in [6.45, 7) is 19.9. The predicted molar refractivity (Wildman–Crippen MR) is 255 cm³/mol. The van der Waals surface area contributed by atoms with Crippen LogP contribution < -0.4 is 10.7 Å². The van der Waals surface area contributed by atoms with Gasteiger partial charge in [-0.05, 0) is 106 Å². The number of esters is 1. The van der Waals surface area contributed by atoms with Gasteiger partial charge in [-0.25, -0.2) is 10.4 Å². The molecule has 15 heteroatoms. The van der Waals surface area contributed by atoms with Gasteiger partial charge in [0.1, 0.15) is 17.2 Å². The highest BCUT2D eigenvalue weighted by molar-refractivity contribution is 7.10. The third-order valence-electron chi connectivity index (χ3n) is 15.3. The van der Waals surface area contributed by atoms with Gasteiger partial charge < -0.3 is 28.8 Å². The first-order valence-corrected chi connectivity index (χ1v) is 25.3. The van der Waals surface area contributed by atoms with Crippen LogP contribution in [0, 0.1) is 29.1 Å². The van der Waals surface area contributed by atoms with Crippen LogP contribution in [0.4, 0.5) is 0 Å². The predicted octanol–water partition coefficient (Wildman–Crippen LogP) is 7.47. The summed E-state index contributed by atoms with van der Waals surface area (Å²) < 4.78 is 27.1. The average molecular weight is 924 g/mol. The molecule has 9 rings (SSSR count). The Balaban J connectivity index is 1.17. The largest absolute Gasteiger partial charge is 0.464 e. The number of hydrogen-bond acceptors (Lipinski definition) is 12. The SMILES string of the molecule is CCO[C@@H]1c2nc(cs2)-c2ccc3c(c2)c(c(-c2cc([C@@H]4CCN5CCOC[C@@H]5C4)cnc2[C@H](C)OC)n3CC)CC(C)(C)COC(=O)[C@@H]2CCCN(N2)C(=O)[C@H]1CNC(=O)C1[C@@H](C)[C@H]1C. The molecular weight excluding hydrogens is 855 g/mol. The van der Waals surface area contributed by atoms with Gasteiger partial charge >= 0.3 is 5.97 Å². The zero-order chi connectivity index (χ0) is 46.4. The fourth-order valence-electron chi connectivity index (χ4n) is 11.1. The van der Waals surface area contributed by atoms with Crippen molar-refractivity contribution in [3.05, 3.63) is 57.7 Å². The fourth-order valence-corrected chi connectivity index (χ4v) is 12.0. The lowest BCUT2D eigenvalue weighted by atomic mass is 9.82. The minimum Gasteiger partial charge on any atom is -0.464 e. The van der Waals surface area contributed by atoms with Gasteiger partial charge in [-0.3, -0.25) is 29.3 Å². The monoisotopic (exact) mass is 923 g/mol. The molecule has 7 heterocycles. The summed E-state index contributed by atoms with van der Waals surface area (Å²) in [7, 11) is 1.74. The van der Waals surface area contributed by atoms with Crippen LogP contribution >= 0.6 is 11.3 Å². The van der Waals surface area contributed by atoms with Crippen molar-refractivity contribution >= 4 is 40.0 Å². The molecule has 14 nitrogen and oxygen atoms in total. The van der Waals surface area contributed by atoms with Gasteiger partial charge in [-0.1, -0.05) is 33.8 Å². The molecule has 0 radical (unpaired) electrons. The second-order valence-electron chi connectivity index (χ2n) is 20.2. The summed E-state index contributed by atoms with van der Waals surface area (Å²) in [5, 5.41) is 8.45. The van der Waals surface area contributed by atoms with Gasteiger partial charge in [0, 0.05) is 90.9 Å². The smallest absolute Gasteiger partial charge is 0.324 e. The highest BCUT2D eigenvalue weighted by Gasteiger charge is 2.49. The molecule has 2 amide bonds. The van der Waals surface area contributed by atoms with Gasteiger partial charge in [-0.2, -0.15) is 0 Å². The number of methoxy groups -OCH3 is 1. The summed E-state index contributed by atoms with van der Waals surface area (Å²) in [5.41, 5.74) is 11.0. The summed E-state index contributed by atoms with van der Waals surface area (Å²) in [4.78, 5) is 55.2. The van der Waals surface area contributed by atoms with Crippen molar-refractivity contribution in [3.63, 3.8) is 0 Å². The first-order chi connectivity index (χ1) is 31.8. The third-order valence-corrected chi connectivity index (χ3v) is 16.2. The molecule has 3 aromatic heterocycles. The molecule has 6 bridgehead atoms. The second-order valence-corrected chi connectivity index (χ2v) is 21.1. The van der Waals surface area contributed by atoms with Crippen LogP contribution in [-0.2, 0) is 46.3 Å². The van der Waals surface area contributed by atoms with E-state index in [1.54, 1.807) is 7.11 Å². The molecule has 5 aliphatic rings. The first kappa shape index (κ1) is 46.8. The Morgan fingerprint density at radius 2 is 1.92 bits per heavy atom. The molecule has 3 saturated heterocycles. The van der Waals surface area contributed by atoms with Gasteiger partial charge in [0.15, 0.2) is 0 Å². The zero-order valence-electron chi connectivity index (χ0n) is 40.1. The quantitative estimate of drug-likeness (QED) is 0.153. The minimum absolute atomic E-state index is 0.0540. The van der Waals surface area contributed by atoms with Crippen molar-refractivity contribution in [3.8, 4) is 22.5 Å². The number of pyridine rings is 1. The molecular formula is C51H69N7O7S. The lowest BCUT2D eigenvalue weighted by Crippen LogP contribution is -2.58. The Morgan fingerprint density at radius 1 is 1.11 bits per heavy atom. The van der Waals surface area contributed by atoms with E-state index in [9.17, 15) is 14.4 Å². The number of nitrogens with zero attached hydrogens (tertiary/aromatic N) is 5. The molecule has 1 aromatic carbocycles. The molecule has 1 aliphatic carbocycles. The Kier molecular flexibility index (Phi) is 13.8. The molecule has 1 saturated carbocycles. The Bertz CT molecular complexity index is 2420. The Labute approximate surface area is 393 Å². The second kappa shape index (κ2) is 19.4. The summed E-state index contributed by atoms with van der Waals surface area (Å²) in [5.74, 6) is -0.657. The fraction of sp³-hybridized carbons (Fsp3) is 0.627. The van der Waals surface area contributed by atoms with E-state index >= 15 is 0 Å². The van der Waals surface area contributed by atoms with Crippen molar-refractivity contribution in [2.45, 2.75) is 117 Å². The van der Waals surface area contributed by atoms with Crippen LogP contribution in [-0.4, -0.2) is 114 Å². The van der Waals surface area contributed by atoms with E-state index in [2.05, 4.69) is 92.2 Å². The summed E-state index contributed by atoms with van der Waals surface area (Å²) in [6.07, 6.45) is 4.91. The summed E-state index contributed by atoms with van der Waals surface area (Å²) in [6, 6.07) is 8.65. The number of carbonyl (C=O) groups excluding carboxylic acids is 3. The van der Waals surface area contributed by atoms with Crippen LogP contribution in [0.1, 0.15) is 114 Å². The molecule has 4 aliphatic heterocycles. The molecule has 0 spiro atoms. The third kappa shape index (κ3) is 9.20. The van der Waals surface area contributed by atoms with E-state index in [-0.39, 0.29) is 48.8 Å². The number of morpholine rings is 1. The molecule has 4 aromatic rings. The number of aryl methyl sites for hydroxylation is 1. The number of carbonyl (C=O) groups is 3. The lowest BCUT2D eigenvalue weighted by molar-refractivity contribution is -0.157. The topological polar surface area (TPSA) is 149 Å². The van der Waals surface area contributed by atoms with Crippen LogP contribution in [0.5, 0.6) is 0 Å². The van der Waals surface area contributed by atoms with Gasteiger partial charge in [0.05, 0.1) is 48.9 Å². The number of ether oxygens (including phenoxy) is 4. The number of hydrazine groups is 1. The van der Waals surface area contributed by atoms with Crippen LogP contribution in [0.3, 0.4) is 0 Å². The number of rotatable bonds is 10. The zero-order valence-corrected chi connectivity index (χ0v) is 40.9. The molecule has 66 heavy (non-hydrogen) atoms. The van der Waals surface area contributed by atoms with Crippen molar-refractivity contribution in [2.24, 2.45) is 29.1 Å². The highest BCUT2D eigenvalue weighted by Crippen LogP contribution is 2.46. The Morgan fingerprint density at radius 3 is 2.68 bits per heavy atom. The van der Waals surface area contributed by atoms with Crippen molar-refractivity contribution in [1.82, 2.24) is 35.2 Å². The molecule has 1 unspecified atom stereocenters. The number of nitrogens with one attached hydrogen (secondary N) is 2. The number of piperidine rings is 1. The Hall–Kier alpha value is -4.25. The van der Waals surface area contributed by atoms with Crippen LogP contribution in [0.15, 0.2) is 35.8 Å². The highest BCUT2D eigenvalue weighted by atomic mass is 32.1. The number of fused-ring (bicyclic) bond motifs is 7. The van der Waals surface area contributed by atoms with Crippen LogP contribution in [0.2, 0.25) is 0 Å². The van der Waals surface area contributed by atoms with E-state index in [0.717, 1.165) is 83.8 Å². The standard InChI is InChI=1S/C51H69N7O7S/c1-9-57-42-14-13-33-21-36(42)38(45(57)37-22-34(24-52-44(37)31(5)62-8)32-15-17-56-18-19-63-26-35(56)20-32)23-51(6,7)28-65-50(61)40-12-11-16-58(55-40)49(60)39(25-53-47(59)43-29(3)30(43)4)46(64-10-2)48-54-41(33)27-66-48/h13-14,21-22,24,27,29-32,35,39-40,43,46,55H,9-12,15-20,23,25-26,28H2,1-8H3,(H,53,59)/t29-,30+,31-,32+,35-,39-,40-,43?,46-/m0/s1. The maximum atomic E-state index is 14.7. The number of cyclic esters (lactones) is 1. The van der Waals surface area contributed by atoms with Gasteiger partial charge in [0.25, 0.3) is 0 Å². The van der Waals surface area contributed by atoms with Crippen molar-refractivity contribution in [1.29, 1.82) is 0 Å². The number of amides is 2. The number of thiazole rings is 1. The van der Waals surface area contributed by atoms with E-state index in [4.69, 9.17) is 28.9 Å². The molecule has 2 N–H and O–H groups in total. The van der Waals surface area contributed by atoms with Gasteiger partial charge in [0.2, 0.25) is 11.8 Å². The number of aromatic nitrogens is 3. The van der Waals surface area contributed by atoms with Gasteiger partial charge in [-0.15, -0.1) is 11.3 Å². The summed E-state index contributed by atoms with van der Waals surface area (Å²) >= 11 is 1.46. The first-order valence-electron chi connectivity index (χ1n) is 24.4. The van der Waals surface area contributed by atoms with Crippen LogP contribution in [0.25, 0.3) is 33.4 Å². The lowest BCUT2D eigenvalue weighted by Gasteiger charge is -2.42. The van der Waals surface area contributed by atoms with E-state index < -0.39 is 29.4 Å². The van der Waals surface area contributed by atoms with E-state index in [1.165, 1.54) is 21.9 Å².